The van der Waals surface area contributed by atoms with Crippen molar-refractivity contribution in [2.75, 3.05) is 4.72 Å². The lowest BCUT2D eigenvalue weighted by Crippen LogP contribution is -2.25. The monoisotopic (exact) mass is 293 g/mol. The fourth-order valence-corrected chi connectivity index (χ4v) is 3.87. The van der Waals surface area contributed by atoms with E-state index in [4.69, 9.17) is 11.6 Å². The molecule has 1 aliphatic rings. The molecule has 0 bridgehead atoms. The van der Waals surface area contributed by atoms with Crippen LogP contribution in [0.3, 0.4) is 0 Å². The van der Waals surface area contributed by atoms with Crippen LogP contribution in [-0.2, 0) is 10.0 Å². The molecule has 0 heterocycles. The van der Waals surface area contributed by atoms with E-state index in [1.165, 1.54) is 0 Å². The van der Waals surface area contributed by atoms with Crippen LogP contribution in [0.1, 0.15) is 25.7 Å². The minimum atomic E-state index is -3.60. The number of sulfonamides is 1. The van der Waals surface area contributed by atoms with Crippen molar-refractivity contribution >= 4 is 27.3 Å². The molecule has 0 unspecified atom stereocenters. The molecule has 0 radical (unpaired) electrons. The number of rotatable bonds is 3. The average molecular weight is 294 g/mol. The third-order valence-corrected chi connectivity index (χ3v) is 5.16. The molecule has 1 aromatic carbocycles. The Hall–Kier alpha value is -1.01. The largest absolute Gasteiger partial charge is 0.504 e. The molecule has 7 heteroatoms. The first-order valence-electron chi connectivity index (χ1n) is 5.60. The lowest BCUT2D eigenvalue weighted by atomic mass is 10.3. The fourth-order valence-electron chi connectivity index (χ4n) is 2.08. The molecule has 1 aliphatic carbocycles. The first-order chi connectivity index (χ1) is 8.40. The average Bonchev–Trinajstić information content (AvgIpc) is 2.78. The van der Waals surface area contributed by atoms with Gasteiger partial charge in [-0.05, 0) is 18.9 Å². The van der Waals surface area contributed by atoms with E-state index >= 15 is 0 Å². The SMILES string of the molecule is O=S(=O)(Nc1cc(F)cc(Cl)c1O)C1CCCC1. The number of nitrogens with one attached hydrogen (secondary N) is 1. The Morgan fingerprint density at radius 2 is 1.94 bits per heavy atom. The molecule has 2 rings (SSSR count). The van der Waals surface area contributed by atoms with Crippen LogP contribution >= 0.6 is 11.6 Å². The van der Waals surface area contributed by atoms with Gasteiger partial charge in [0.25, 0.3) is 0 Å². The van der Waals surface area contributed by atoms with Gasteiger partial charge in [-0.15, -0.1) is 0 Å². The highest BCUT2D eigenvalue weighted by Crippen LogP contribution is 2.35. The molecular formula is C11H13ClFNO3S. The molecular weight excluding hydrogens is 281 g/mol. The zero-order valence-electron chi connectivity index (χ0n) is 9.49. The van der Waals surface area contributed by atoms with Crippen molar-refractivity contribution in [1.82, 2.24) is 0 Å². The van der Waals surface area contributed by atoms with E-state index < -0.39 is 26.8 Å². The highest BCUT2D eigenvalue weighted by Gasteiger charge is 2.29. The fraction of sp³-hybridized carbons (Fsp3) is 0.455. The van der Waals surface area contributed by atoms with Gasteiger partial charge in [0.15, 0.2) is 5.75 Å². The summed E-state index contributed by atoms with van der Waals surface area (Å²) in [6, 6.07) is 1.83. The first kappa shape index (κ1) is 13.4. The van der Waals surface area contributed by atoms with Gasteiger partial charge in [-0.1, -0.05) is 24.4 Å². The van der Waals surface area contributed by atoms with E-state index in [0.29, 0.717) is 12.8 Å². The minimum Gasteiger partial charge on any atom is -0.504 e. The minimum absolute atomic E-state index is 0.216. The molecule has 2 N–H and O–H groups in total. The quantitative estimate of drug-likeness (QED) is 0.842. The highest BCUT2D eigenvalue weighted by molar-refractivity contribution is 7.93. The number of hydrogen-bond donors (Lipinski definition) is 2. The second kappa shape index (κ2) is 4.93. The zero-order chi connectivity index (χ0) is 13.3. The molecule has 4 nitrogen and oxygen atoms in total. The lowest BCUT2D eigenvalue weighted by Gasteiger charge is -2.14. The standard InChI is InChI=1S/C11H13ClFNO3S/c12-9-5-7(13)6-10(11(9)15)14-18(16,17)8-3-1-2-4-8/h5-6,8,14-15H,1-4H2. The molecule has 0 aromatic heterocycles. The Morgan fingerprint density at radius 3 is 2.56 bits per heavy atom. The molecule has 0 spiro atoms. The van der Waals surface area contributed by atoms with Crippen molar-refractivity contribution in [3.63, 3.8) is 0 Å². The lowest BCUT2D eigenvalue weighted by molar-refractivity contribution is 0.476. The van der Waals surface area contributed by atoms with Gasteiger partial charge in [0.1, 0.15) is 5.82 Å². The van der Waals surface area contributed by atoms with Crippen LogP contribution in [0.15, 0.2) is 12.1 Å². The van der Waals surface area contributed by atoms with Crippen molar-refractivity contribution < 1.29 is 17.9 Å². The van der Waals surface area contributed by atoms with Crippen LogP contribution < -0.4 is 4.72 Å². The summed E-state index contributed by atoms with van der Waals surface area (Å²) < 4.78 is 39.3. The number of hydrogen-bond acceptors (Lipinski definition) is 3. The summed E-state index contributed by atoms with van der Waals surface area (Å²) in [6.45, 7) is 0. The van der Waals surface area contributed by atoms with E-state index in [9.17, 15) is 17.9 Å². The third-order valence-electron chi connectivity index (χ3n) is 3.02. The third kappa shape index (κ3) is 2.70. The van der Waals surface area contributed by atoms with Gasteiger partial charge in [-0.25, -0.2) is 12.8 Å². The highest BCUT2D eigenvalue weighted by atomic mass is 35.5. The van der Waals surface area contributed by atoms with Crippen LogP contribution in [0.5, 0.6) is 5.75 Å². The number of anilines is 1. The molecule has 1 fully saturated rings. The van der Waals surface area contributed by atoms with Crippen LogP contribution in [0.4, 0.5) is 10.1 Å². The van der Waals surface area contributed by atoms with Gasteiger partial charge in [0, 0.05) is 6.07 Å². The molecule has 0 aliphatic heterocycles. The summed E-state index contributed by atoms with van der Waals surface area (Å²) in [7, 11) is -3.60. The van der Waals surface area contributed by atoms with E-state index in [1.54, 1.807) is 0 Å². The van der Waals surface area contributed by atoms with Gasteiger partial charge >= 0.3 is 0 Å². The van der Waals surface area contributed by atoms with Crippen molar-refractivity contribution in [3.8, 4) is 5.75 Å². The van der Waals surface area contributed by atoms with E-state index in [2.05, 4.69) is 4.72 Å². The number of aromatic hydroxyl groups is 1. The van der Waals surface area contributed by atoms with Gasteiger partial charge < -0.3 is 5.11 Å². The first-order valence-corrected chi connectivity index (χ1v) is 7.52. The number of halogens is 2. The van der Waals surface area contributed by atoms with Gasteiger partial charge in [-0.2, -0.15) is 0 Å². The normalized spacial score (nSPS) is 17.0. The maximum absolute atomic E-state index is 13.1. The smallest absolute Gasteiger partial charge is 0.235 e. The van der Waals surface area contributed by atoms with E-state index in [-0.39, 0.29) is 10.7 Å². The second-order valence-corrected chi connectivity index (χ2v) is 6.71. The molecule has 1 saturated carbocycles. The Bertz CT molecular complexity index is 556. The molecule has 100 valence electrons. The molecule has 0 saturated heterocycles. The van der Waals surface area contributed by atoms with Crippen molar-refractivity contribution in [2.45, 2.75) is 30.9 Å². The molecule has 0 atom stereocenters. The Labute approximate surface area is 110 Å². The number of phenolic OH excluding ortho intramolecular Hbond substituents is 1. The zero-order valence-corrected chi connectivity index (χ0v) is 11.1. The van der Waals surface area contributed by atoms with Gasteiger partial charge in [-0.3, -0.25) is 4.72 Å². The topological polar surface area (TPSA) is 66.4 Å². The van der Waals surface area contributed by atoms with Crippen LogP contribution in [0.2, 0.25) is 5.02 Å². The van der Waals surface area contributed by atoms with E-state index in [0.717, 1.165) is 25.0 Å². The molecule has 18 heavy (non-hydrogen) atoms. The molecule has 0 amide bonds. The Morgan fingerprint density at radius 1 is 1.33 bits per heavy atom. The maximum Gasteiger partial charge on any atom is 0.235 e. The van der Waals surface area contributed by atoms with Crippen molar-refractivity contribution in [2.24, 2.45) is 0 Å². The Kier molecular flexibility index (Phi) is 3.68. The summed E-state index contributed by atoms with van der Waals surface area (Å²) in [5, 5.41) is 8.89. The van der Waals surface area contributed by atoms with E-state index in [1.807, 2.05) is 0 Å². The summed E-state index contributed by atoms with van der Waals surface area (Å²) in [5.41, 5.74) is -0.216. The van der Waals surface area contributed by atoms with Crippen molar-refractivity contribution in [3.05, 3.63) is 23.0 Å². The number of benzene rings is 1. The summed E-state index contributed by atoms with van der Waals surface area (Å²) in [4.78, 5) is 0. The summed E-state index contributed by atoms with van der Waals surface area (Å²) >= 11 is 5.58. The summed E-state index contributed by atoms with van der Waals surface area (Å²) in [6.07, 6.45) is 2.89. The van der Waals surface area contributed by atoms with Crippen LogP contribution in [0, 0.1) is 5.82 Å². The van der Waals surface area contributed by atoms with Crippen LogP contribution in [-0.4, -0.2) is 18.8 Å². The predicted octanol–water partition coefficient (Wildman–Crippen LogP) is 2.87. The second-order valence-electron chi connectivity index (χ2n) is 4.34. The van der Waals surface area contributed by atoms with Crippen LogP contribution in [0.25, 0.3) is 0 Å². The predicted molar refractivity (Wildman–Crippen MR) is 67.9 cm³/mol. The van der Waals surface area contributed by atoms with Crippen molar-refractivity contribution in [1.29, 1.82) is 0 Å². The Balaban J connectivity index is 2.28. The number of phenols is 1. The van der Waals surface area contributed by atoms with Gasteiger partial charge in [0.05, 0.1) is 16.0 Å². The molecule has 1 aromatic rings. The van der Waals surface area contributed by atoms with Gasteiger partial charge in [0.2, 0.25) is 10.0 Å². The maximum atomic E-state index is 13.1. The summed E-state index contributed by atoms with van der Waals surface area (Å²) in [5.74, 6) is -1.17.